The fourth-order valence-electron chi connectivity index (χ4n) is 2.21. The lowest BCUT2D eigenvalue weighted by atomic mass is 10.1. The van der Waals surface area contributed by atoms with Crippen molar-refractivity contribution in [3.8, 4) is 17.5 Å². The number of nitriles is 1. The summed E-state index contributed by atoms with van der Waals surface area (Å²) < 4.78 is 2.08. The van der Waals surface area contributed by atoms with Crippen LogP contribution in [-0.2, 0) is 6.54 Å². The fourth-order valence-corrected chi connectivity index (χ4v) is 2.21. The fraction of sp³-hybridized carbons (Fsp3) is 0.0588. The quantitative estimate of drug-likeness (QED) is 0.746. The molecule has 4 nitrogen and oxygen atoms in total. The zero-order valence-electron chi connectivity index (χ0n) is 11.4. The van der Waals surface area contributed by atoms with Crippen molar-refractivity contribution >= 4 is 5.69 Å². The minimum atomic E-state index is 0.670. The molecule has 0 aliphatic heterocycles. The summed E-state index contributed by atoms with van der Waals surface area (Å²) in [5.41, 5.74) is 9.28. The van der Waals surface area contributed by atoms with Gasteiger partial charge in [0, 0.05) is 30.2 Å². The van der Waals surface area contributed by atoms with Gasteiger partial charge in [0.1, 0.15) is 5.82 Å². The molecule has 0 amide bonds. The van der Waals surface area contributed by atoms with Gasteiger partial charge in [0.15, 0.2) is 0 Å². The van der Waals surface area contributed by atoms with E-state index in [4.69, 9.17) is 11.0 Å². The van der Waals surface area contributed by atoms with E-state index < -0.39 is 0 Å². The summed E-state index contributed by atoms with van der Waals surface area (Å²) in [4.78, 5) is 4.42. The Kier molecular flexibility index (Phi) is 3.40. The van der Waals surface area contributed by atoms with Gasteiger partial charge in [0.05, 0.1) is 11.6 Å². The molecule has 2 N–H and O–H groups in total. The van der Waals surface area contributed by atoms with Crippen LogP contribution in [0.1, 0.15) is 11.1 Å². The number of nitrogen functional groups attached to an aromatic ring is 1. The predicted molar refractivity (Wildman–Crippen MR) is 82.3 cm³/mol. The van der Waals surface area contributed by atoms with Crippen molar-refractivity contribution < 1.29 is 0 Å². The number of imidazole rings is 1. The molecule has 4 heteroatoms. The van der Waals surface area contributed by atoms with Gasteiger partial charge in [0.2, 0.25) is 0 Å². The molecule has 0 aliphatic rings. The van der Waals surface area contributed by atoms with Gasteiger partial charge in [-0.25, -0.2) is 4.98 Å². The maximum Gasteiger partial charge on any atom is 0.140 e. The van der Waals surface area contributed by atoms with E-state index in [9.17, 15) is 0 Å². The Morgan fingerprint density at radius 3 is 2.43 bits per heavy atom. The second kappa shape index (κ2) is 5.51. The molecule has 0 radical (unpaired) electrons. The van der Waals surface area contributed by atoms with E-state index in [-0.39, 0.29) is 0 Å². The summed E-state index contributed by atoms with van der Waals surface area (Å²) >= 11 is 0. The number of rotatable bonds is 3. The summed E-state index contributed by atoms with van der Waals surface area (Å²) in [5, 5.41) is 8.82. The van der Waals surface area contributed by atoms with Crippen LogP contribution in [0.5, 0.6) is 0 Å². The van der Waals surface area contributed by atoms with Gasteiger partial charge >= 0.3 is 0 Å². The minimum Gasteiger partial charge on any atom is -0.399 e. The topological polar surface area (TPSA) is 67.6 Å². The number of aromatic nitrogens is 2. The van der Waals surface area contributed by atoms with Crippen molar-refractivity contribution in [3.05, 3.63) is 72.1 Å². The minimum absolute atomic E-state index is 0.670. The third kappa shape index (κ3) is 2.77. The molecule has 0 aliphatic carbocycles. The Bertz CT molecular complexity index is 777. The third-order valence-electron chi connectivity index (χ3n) is 3.32. The molecule has 2 aromatic carbocycles. The van der Waals surface area contributed by atoms with Crippen molar-refractivity contribution in [2.45, 2.75) is 6.54 Å². The number of benzene rings is 2. The SMILES string of the molecule is N#Cc1ccc(Cn2ccnc2-c2ccc(N)cc2)cc1. The Labute approximate surface area is 123 Å². The van der Waals surface area contributed by atoms with E-state index in [1.807, 2.05) is 54.7 Å². The van der Waals surface area contributed by atoms with Crippen LogP contribution in [0.15, 0.2) is 60.9 Å². The van der Waals surface area contributed by atoms with Crippen LogP contribution in [0.3, 0.4) is 0 Å². The third-order valence-corrected chi connectivity index (χ3v) is 3.32. The Morgan fingerprint density at radius 2 is 1.76 bits per heavy atom. The molecule has 1 aromatic heterocycles. The van der Waals surface area contributed by atoms with Gasteiger partial charge in [-0.1, -0.05) is 12.1 Å². The van der Waals surface area contributed by atoms with Gasteiger partial charge in [-0.15, -0.1) is 0 Å². The number of nitrogens with two attached hydrogens (primary N) is 1. The number of anilines is 1. The van der Waals surface area contributed by atoms with Crippen LogP contribution in [0, 0.1) is 11.3 Å². The second-order valence-corrected chi connectivity index (χ2v) is 4.81. The highest BCUT2D eigenvalue weighted by Gasteiger charge is 2.06. The average Bonchev–Trinajstić information content (AvgIpc) is 2.97. The van der Waals surface area contributed by atoms with Crippen LogP contribution in [0.2, 0.25) is 0 Å². The molecule has 1 heterocycles. The first-order valence-corrected chi connectivity index (χ1v) is 6.62. The second-order valence-electron chi connectivity index (χ2n) is 4.81. The lowest BCUT2D eigenvalue weighted by Gasteiger charge is -2.08. The molecule has 0 bridgehead atoms. The zero-order valence-corrected chi connectivity index (χ0v) is 11.4. The molecule has 0 fully saturated rings. The van der Waals surface area contributed by atoms with Crippen LogP contribution in [0.4, 0.5) is 5.69 Å². The first-order valence-electron chi connectivity index (χ1n) is 6.62. The standard InChI is InChI=1S/C17H14N4/c18-11-13-1-3-14(4-2-13)12-21-10-9-20-17(21)15-5-7-16(19)8-6-15/h1-10H,12,19H2. The molecule has 0 atom stereocenters. The van der Waals surface area contributed by atoms with Crippen LogP contribution in [0.25, 0.3) is 11.4 Å². The van der Waals surface area contributed by atoms with Gasteiger partial charge in [-0.2, -0.15) is 5.26 Å². The molecule has 102 valence electrons. The van der Waals surface area contributed by atoms with Gasteiger partial charge in [-0.05, 0) is 42.0 Å². The lowest BCUT2D eigenvalue weighted by Crippen LogP contribution is -2.01. The van der Waals surface area contributed by atoms with Crippen LogP contribution >= 0.6 is 0 Å². The van der Waals surface area contributed by atoms with Gasteiger partial charge in [-0.3, -0.25) is 0 Å². The maximum absolute atomic E-state index is 8.82. The maximum atomic E-state index is 8.82. The number of hydrogen-bond acceptors (Lipinski definition) is 3. The van der Waals surface area contributed by atoms with E-state index in [0.717, 1.165) is 22.6 Å². The van der Waals surface area contributed by atoms with Crippen molar-refractivity contribution in [1.82, 2.24) is 9.55 Å². The van der Waals surface area contributed by atoms with Gasteiger partial charge < -0.3 is 10.3 Å². The lowest BCUT2D eigenvalue weighted by molar-refractivity contribution is 0.807. The van der Waals surface area contributed by atoms with Crippen molar-refractivity contribution in [2.75, 3.05) is 5.73 Å². The summed E-state index contributed by atoms with van der Waals surface area (Å²) in [5.74, 6) is 0.902. The first kappa shape index (κ1) is 12.9. The molecule has 0 unspecified atom stereocenters. The Balaban J connectivity index is 1.88. The van der Waals surface area contributed by atoms with E-state index >= 15 is 0 Å². The molecule has 0 saturated heterocycles. The highest BCUT2D eigenvalue weighted by Crippen LogP contribution is 2.20. The molecule has 21 heavy (non-hydrogen) atoms. The van der Waals surface area contributed by atoms with E-state index in [2.05, 4.69) is 15.6 Å². The molecule has 3 aromatic rings. The highest BCUT2D eigenvalue weighted by molar-refractivity contribution is 5.59. The first-order chi connectivity index (χ1) is 10.3. The molecular formula is C17H14N4. The smallest absolute Gasteiger partial charge is 0.140 e. The Hall–Kier alpha value is -3.06. The van der Waals surface area contributed by atoms with E-state index in [0.29, 0.717) is 12.1 Å². The van der Waals surface area contributed by atoms with E-state index in [1.165, 1.54) is 0 Å². The normalized spacial score (nSPS) is 10.2. The summed E-state index contributed by atoms with van der Waals surface area (Å²) in [6.45, 7) is 0.714. The highest BCUT2D eigenvalue weighted by atomic mass is 15.1. The Morgan fingerprint density at radius 1 is 1.05 bits per heavy atom. The van der Waals surface area contributed by atoms with Crippen molar-refractivity contribution in [3.63, 3.8) is 0 Å². The molecule has 3 rings (SSSR count). The van der Waals surface area contributed by atoms with Crippen molar-refractivity contribution in [1.29, 1.82) is 5.26 Å². The summed E-state index contributed by atoms with van der Waals surface area (Å²) in [7, 11) is 0. The monoisotopic (exact) mass is 274 g/mol. The van der Waals surface area contributed by atoms with Gasteiger partial charge in [0.25, 0.3) is 0 Å². The van der Waals surface area contributed by atoms with Crippen molar-refractivity contribution in [2.24, 2.45) is 0 Å². The van der Waals surface area contributed by atoms with Crippen LogP contribution in [-0.4, -0.2) is 9.55 Å². The summed E-state index contributed by atoms with van der Waals surface area (Å²) in [6.07, 6.45) is 3.74. The largest absolute Gasteiger partial charge is 0.399 e. The number of nitrogens with zero attached hydrogens (tertiary/aromatic N) is 3. The zero-order chi connectivity index (χ0) is 14.7. The predicted octanol–water partition coefficient (Wildman–Crippen LogP) is 3.05. The average molecular weight is 274 g/mol. The molecule has 0 saturated carbocycles. The van der Waals surface area contributed by atoms with Crippen LogP contribution < -0.4 is 5.73 Å². The molecule has 0 spiro atoms. The van der Waals surface area contributed by atoms with E-state index in [1.54, 1.807) is 6.20 Å². The summed E-state index contributed by atoms with van der Waals surface area (Å²) in [6, 6.07) is 17.4. The number of hydrogen-bond donors (Lipinski definition) is 1. The molecular weight excluding hydrogens is 260 g/mol.